The molecule has 0 aliphatic rings. The van der Waals surface area contributed by atoms with E-state index in [0.29, 0.717) is 6.42 Å². The summed E-state index contributed by atoms with van der Waals surface area (Å²) < 4.78 is 0. The third-order valence-electron chi connectivity index (χ3n) is 2.21. The van der Waals surface area contributed by atoms with E-state index in [1.807, 2.05) is 6.26 Å². The molecule has 4 N–H and O–H groups in total. The van der Waals surface area contributed by atoms with E-state index >= 15 is 0 Å². The van der Waals surface area contributed by atoms with Crippen LogP contribution in [0.4, 0.5) is 5.69 Å². The van der Waals surface area contributed by atoms with Gasteiger partial charge in [-0.15, -0.1) is 12.4 Å². The van der Waals surface area contributed by atoms with Gasteiger partial charge in [0.1, 0.15) is 0 Å². The van der Waals surface area contributed by atoms with Gasteiger partial charge in [-0.05, 0) is 30.6 Å². The van der Waals surface area contributed by atoms with Crippen LogP contribution < -0.4 is 11.1 Å². The Bertz CT molecular complexity index is 405. The molecule has 1 atom stereocenters. The maximum absolute atomic E-state index is 11.7. The zero-order valence-electron chi connectivity index (χ0n) is 9.85. The van der Waals surface area contributed by atoms with Crippen LogP contribution in [0.5, 0.6) is 5.75 Å². The second kappa shape index (κ2) is 8.48. The zero-order chi connectivity index (χ0) is 12.8. The summed E-state index contributed by atoms with van der Waals surface area (Å²) in [6.07, 6.45) is 2.54. The van der Waals surface area contributed by atoms with Crippen molar-refractivity contribution in [2.45, 2.75) is 12.5 Å². The van der Waals surface area contributed by atoms with Crippen LogP contribution in [-0.4, -0.2) is 29.1 Å². The second-order valence-electron chi connectivity index (χ2n) is 3.51. The molecule has 0 aliphatic heterocycles. The highest BCUT2D eigenvalue weighted by Gasteiger charge is 2.15. The topological polar surface area (TPSA) is 75.4 Å². The van der Waals surface area contributed by atoms with Crippen LogP contribution in [0, 0.1) is 0 Å². The lowest BCUT2D eigenvalue weighted by atomic mass is 10.2. The fourth-order valence-corrected chi connectivity index (χ4v) is 1.88. The van der Waals surface area contributed by atoms with Crippen LogP contribution in [0.15, 0.2) is 18.2 Å². The Morgan fingerprint density at radius 1 is 1.61 bits per heavy atom. The summed E-state index contributed by atoms with van der Waals surface area (Å²) in [5.41, 5.74) is 5.98. The molecular weight excluding hydrogens is 295 g/mol. The van der Waals surface area contributed by atoms with Gasteiger partial charge < -0.3 is 16.2 Å². The molecule has 0 aromatic heterocycles. The Balaban J connectivity index is 0.00000289. The monoisotopic (exact) mass is 310 g/mol. The van der Waals surface area contributed by atoms with Crippen molar-refractivity contribution in [3.63, 3.8) is 0 Å². The van der Waals surface area contributed by atoms with Crippen molar-refractivity contribution in [3.8, 4) is 5.75 Å². The van der Waals surface area contributed by atoms with Gasteiger partial charge in [0.25, 0.3) is 0 Å². The fourth-order valence-electron chi connectivity index (χ4n) is 1.22. The van der Waals surface area contributed by atoms with Gasteiger partial charge in [-0.1, -0.05) is 17.7 Å². The average molecular weight is 311 g/mol. The molecule has 4 nitrogen and oxygen atoms in total. The number of halogens is 2. The maximum atomic E-state index is 11.7. The van der Waals surface area contributed by atoms with Crippen LogP contribution in [0.25, 0.3) is 0 Å². The highest BCUT2D eigenvalue weighted by molar-refractivity contribution is 7.98. The average Bonchev–Trinajstić information content (AvgIpc) is 2.31. The number of carbonyl (C=O) groups excluding carboxylic acids is 1. The number of benzene rings is 1. The number of hydrogen-bond donors (Lipinski definition) is 3. The number of rotatable bonds is 5. The molecule has 0 aliphatic carbocycles. The van der Waals surface area contributed by atoms with Gasteiger partial charge in [-0.3, -0.25) is 4.79 Å². The summed E-state index contributed by atoms with van der Waals surface area (Å²) in [5, 5.41) is 12.4. The highest BCUT2D eigenvalue weighted by Crippen LogP contribution is 2.31. The number of thioether (sulfide) groups is 1. The molecule has 0 saturated carbocycles. The molecule has 0 heterocycles. The van der Waals surface area contributed by atoms with Gasteiger partial charge in [-0.2, -0.15) is 11.8 Å². The molecule has 0 saturated heterocycles. The first-order valence-corrected chi connectivity index (χ1v) is 6.86. The summed E-state index contributed by atoms with van der Waals surface area (Å²) in [4.78, 5) is 11.7. The third-order valence-corrected chi connectivity index (χ3v) is 3.16. The molecule has 7 heteroatoms. The molecule has 1 unspecified atom stereocenters. The fraction of sp³-hybridized carbons (Fsp3) is 0.364. The van der Waals surface area contributed by atoms with Crippen molar-refractivity contribution < 1.29 is 9.90 Å². The van der Waals surface area contributed by atoms with Crippen LogP contribution in [-0.2, 0) is 4.79 Å². The molecule has 0 fully saturated rings. The normalized spacial score (nSPS) is 11.5. The van der Waals surface area contributed by atoms with Crippen molar-refractivity contribution in [3.05, 3.63) is 23.2 Å². The quantitative estimate of drug-likeness (QED) is 0.730. The standard InChI is InChI=1S/C11H15ClN2O2S.ClH/c1-17-6-5-8(13)11(16)14-9-4-2-3-7(12)10(9)15;/h2-4,8,15H,5-6,13H2,1H3,(H,14,16);1H. The Kier molecular flexibility index (Phi) is 8.18. The van der Waals surface area contributed by atoms with Crippen LogP contribution in [0.2, 0.25) is 5.02 Å². The molecule has 0 spiro atoms. The molecule has 0 radical (unpaired) electrons. The Labute approximate surface area is 122 Å². The first kappa shape index (κ1) is 17.4. The predicted molar refractivity (Wildman–Crippen MR) is 80.0 cm³/mol. The number of anilines is 1. The van der Waals surface area contributed by atoms with Crippen LogP contribution >= 0.6 is 35.8 Å². The smallest absolute Gasteiger partial charge is 0.241 e. The number of hydrogen-bond acceptors (Lipinski definition) is 4. The SMILES string of the molecule is CSCCC(N)C(=O)Nc1cccc(Cl)c1O.Cl. The van der Waals surface area contributed by atoms with Crippen molar-refractivity contribution in [1.82, 2.24) is 0 Å². The Hall–Kier alpha value is -0.620. The molecule has 1 aromatic carbocycles. The number of aromatic hydroxyl groups is 1. The minimum atomic E-state index is -0.583. The van der Waals surface area contributed by atoms with Gasteiger partial charge in [0, 0.05) is 0 Å². The molecular formula is C11H16Cl2N2O2S. The first-order valence-electron chi connectivity index (χ1n) is 5.09. The number of amides is 1. The van der Waals surface area contributed by atoms with Crippen molar-refractivity contribution in [2.24, 2.45) is 5.73 Å². The summed E-state index contributed by atoms with van der Waals surface area (Å²) in [6.45, 7) is 0. The Morgan fingerprint density at radius 2 is 2.28 bits per heavy atom. The molecule has 1 rings (SSSR count). The Morgan fingerprint density at radius 3 is 2.89 bits per heavy atom. The van der Waals surface area contributed by atoms with Crippen molar-refractivity contribution in [2.75, 3.05) is 17.3 Å². The summed E-state index contributed by atoms with van der Waals surface area (Å²) >= 11 is 7.35. The lowest BCUT2D eigenvalue weighted by Crippen LogP contribution is -2.36. The summed E-state index contributed by atoms with van der Waals surface area (Å²) in [5.74, 6) is 0.354. The summed E-state index contributed by atoms with van der Waals surface area (Å²) in [6, 6.07) is 4.17. The predicted octanol–water partition coefficient (Wildman–Crippen LogP) is 2.49. The first-order chi connectivity index (χ1) is 8.06. The van der Waals surface area contributed by atoms with E-state index in [-0.39, 0.29) is 34.8 Å². The largest absolute Gasteiger partial charge is 0.504 e. The second-order valence-corrected chi connectivity index (χ2v) is 4.91. The van der Waals surface area contributed by atoms with Gasteiger partial charge in [0.05, 0.1) is 16.8 Å². The number of nitrogens with two attached hydrogens (primary N) is 1. The molecule has 102 valence electrons. The molecule has 1 aromatic rings. The summed E-state index contributed by atoms with van der Waals surface area (Å²) in [7, 11) is 0. The number of phenolic OH excluding ortho intramolecular Hbond substituents is 1. The number of phenols is 1. The van der Waals surface area contributed by atoms with E-state index in [2.05, 4.69) is 5.32 Å². The molecule has 0 bridgehead atoms. The van der Waals surface area contributed by atoms with Gasteiger partial charge in [-0.25, -0.2) is 0 Å². The number of para-hydroxylation sites is 1. The van der Waals surface area contributed by atoms with E-state index in [1.54, 1.807) is 30.0 Å². The van der Waals surface area contributed by atoms with Gasteiger partial charge in [0.15, 0.2) is 5.75 Å². The van der Waals surface area contributed by atoms with E-state index in [4.69, 9.17) is 17.3 Å². The highest BCUT2D eigenvalue weighted by atomic mass is 35.5. The zero-order valence-corrected chi connectivity index (χ0v) is 12.2. The third kappa shape index (κ3) is 4.94. The van der Waals surface area contributed by atoms with E-state index in [0.717, 1.165) is 5.75 Å². The number of nitrogens with one attached hydrogen (secondary N) is 1. The van der Waals surface area contributed by atoms with Gasteiger partial charge >= 0.3 is 0 Å². The van der Waals surface area contributed by atoms with Crippen LogP contribution in [0.3, 0.4) is 0 Å². The van der Waals surface area contributed by atoms with Crippen molar-refractivity contribution >= 4 is 47.4 Å². The minimum Gasteiger partial charge on any atom is -0.504 e. The van der Waals surface area contributed by atoms with E-state index in [9.17, 15) is 9.90 Å². The van der Waals surface area contributed by atoms with Crippen molar-refractivity contribution in [1.29, 1.82) is 0 Å². The molecule has 18 heavy (non-hydrogen) atoms. The van der Waals surface area contributed by atoms with Crippen LogP contribution in [0.1, 0.15) is 6.42 Å². The lowest BCUT2D eigenvalue weighted by Gasteiger charge is -2.12. The maximum Gasteiger partial charge on any atom is 0.241 e. The minimum absolute atomic E-state index is 0. The lowest BCUT2D eigenvalue weighted by molar-refractivity contribution is -0.117. The van der Waals surface area contributed by atoms with E-state index < -0.39 is 6.04 Å². The van der Waals surface area contributed by atoms with E-state index in [1.165, 1.54) is 0 Å². The van der Waals surface area contributed by atoms with Gasteiger partial charge in [0.2, 0.25) is 5.91 Å². The number of carbonyl (C=O) groups is 1. The molecule has 1 amide bonds.